The zero-order valence-corrected chi connectivity index (χ0v) is 14.7. The average molecular weight is 345 g/mol. The predicted molar refractivity (Wildman–Crippen MR) is 96.3 cm³/mol. The van der Waals surface area contributed by atoms with Gasteiger partial charge in [0, 0.05) is 25.0 Å². The first-order chi connectivity index (χ1) is 11.8. The number of benzene rings is 1. The molecule has 2 aromatic rings. The maximum atomic E-state index is 12.6. The van der Waals surface area contributed by atoms with Crippen LogP contribution in [0.4, 0.5) is 5.13 Å². The second-order valence-electron chi connectivity index (χ2n) is 5.89. The van der Waals surface area contributed by atoms with Crippen molar-refractivity contribution in [1.29, 1.82) is 0 Å². The maximum absolute atomic E-state index is 12.6. The molecule has 0 bridgehead atoms. The van der Waals surface area contributed by atoms with Crippen molar-refractivity contribution < 1.29 is 9.53 Å². The SMILES string of the molecule is CCC(C(=O)Nc1nc(CN2CCOCC2)cs1)c1ccccc1. The van der Waals surface area contributed by atoms with E-state index in [4.69, 9.17) is 4.74 Å². The summed E-state index contributed by atoms with van der Waals surface area (Å²) in [4.78, 5) is 19.5. The van der Waals surface area contributed by atoms with Gasteiger partial charge in [0.1, 0.15) is 0 Å². The smallest absolute Gasteiger partial charge is 0.233 e. The highest BCUT2D eigenvalue weighted by Crippen LogP contribution is 2.23. The summed E-state index contributed by atoms with van der Waals surface area (Å²) in [7, 11) is 0. The van der Waals surface area contributed by atoms with E-state index in [1.165, 1.54) is 11.3 Å². The molecule has 1 aromatic heterocycles. The quantitative estimate of drug-likeness (QED) is 0.874. The molecule has 1 atom stereocenters. The highest BCUT2D eigenvalue weighted by Gasteiger charge is 2.20. The zero-order valence-electron chi connectivity index (χ0n) is 13.9. The number of hydrogen-bond donors (Lipinski definition) is 1. The fourth-order valence-corrected chi connectivity index (χ4v) is 3.58. The fraction of sp³-hybridized carbons (Fsp3) is 0.444. The van der Waals surface area contributed by atoms with Crippen molar-refractivity contribution in [3.8, 4) is 0 Å². The highest BCUT2D eigenvalue weighted by molar-refractivity contribution is 7.13. The Morgan fingerprint density at radius 2 is 2.08 bits per heavy atom. The van der Waals surface area contributed by atoms with Crippen LogP contribution in [0.1, 0.15) is 30.5 Å². The Hall–Kier alpha value is -1.76. The van der Waals surface area contributed by atoms with E-state index in [1.807, 2.05) is 42.6 Å². The third kappa shape index (κ3) is 4.41. The van der Waals surface area contributed by atoms with Gasteiger partial charge in [-0.3, -0.25) is 9.69 Å². The van der Waals surface area contributed by atoms with E-state index in [0.717, 1.165) is 50.5 Å². The molecule has 6 heteroatoms. The summed E-state index contributed by atoms with van der Waals surface area (Å²) in [6, 6.07) is 9.90. The van der Waals surface area contributed by atoms with E-state index in [0.29, 0.717) is 5.13 Å². The van der Waals surface area contributed by atoms with Gasteiger partial charge in [-0.15, -0.1) is 11.3 Å². The Morgan fingerprint density at radius 3 is 2.79 bits per heavy atom. The van der Waals surface area contributed by atoms with Gasteiger partial charge < -0.3 is 10.1 Å². The fourth-order valence-electron chi connectivity index (χ4n) is 2.88. The molecule has 1 fully saturated rings. The van der Waals surface area contributed by atoms with E-state index in [9.17, 15) is 4.79 Å². The molecule has 0 spiro atoms. The van der Waals surface area contributed by atoms with E-state index >= 15 is 0 Å². The van der Waals surface area contributed by atoms with Crippen LogP contribution in [-0.2, 0) is 16.1 Å². The summed E-state index contributed by atoms with van der Waals surface area (Å²) >= 11 is 1.49. The second-order valence-corrected chi connectivity index (χ2v) is 6.75. The van der Waals surface area contributed by atoms with Crippen LogP contribution in [0.5, 0.6) is 0 Å². The lowest BCUT2D eigenvalue weighted by atomic mass is 9.96. The van der Waals surface area contributed by atoms with Gasteiger partial charge in [-0.25, -0.2) is 4.98 Å². The van der Waals surface area contributed by atoms with E-state index < -0.39 is 0 Å². The van der Waals surface area contributed by atoms with Crippen molar-refractivity contribution in [3.05, 3.63) is 47.0 Å². The van der Waals surface area contributed by atoms with Crippen LogP contribution in [-0.4, -0.2) is 42.1 Å². The third-order valence-electron chi connectivity index (χ3n) is 4.20. The number of amides is 1. The number of anilines is 1. The first-order valence-electron chi connectivity index (χ1n) is 8.36. The lowest BCUT2D eigenvalue weighted by molar-refractivity contribution is -0.117. The van der Waals surface area contributed by atoms with Crippen molar-refractivity contribution in [3.63, 3.8) is 0 Å². The summed E-state index contributed by atoms with van der Waals surface area (Å²) in [5, 5.41) is 5.68. The van der Waals surface area contributed by atoms with Gasteiger partial charge in [-0.2, -0.15) is 0 Å². The van der Waals surface area contributed by atoms with Crippen molar-refractivity contribution in [2.24, 2.45) is 0 Å². The minimum atomic E-state index is -0.141. The number of nitrogens with zero attached hydrogens (tertiary/aromatic N) is 2. The molecule has 0 saturated carbocycles. The normalized spacial score (nSPS) is 16.7. The minimum absolute atomic E-state index is 0.0102. The summed E-state index contributed by atoms with van der Waals surface area (Å²) in [5.41, 5.74) is 2.05. The van der Waals surface area contributed by atoms with Gasteiger partial charge in [0.2, 0.25) is 5.91 Å². The molecule has 1 aliphatic heterocycles. The van der Waals surface area contributed by atoms with Crippen LogP contribution in [0.3, 0.4) is 0 Å². The number of morpholine rings is 1. The third-order valence-corrected chi connectivity index (χ3v) is 5.00. The standard InChI is InChI=1S/C18H23N3O2S/c1-2-16(14-6-4-3-5-7-14)17(22)20-18-19-15(13-24-18)12-21-8-10-23-11-9-21/h3-7,13,16H,2,8-12H2,1H3,(H,19,20,22). The predicted octanol–water partition coefficient (Wildman–Crippen LogP) is 3.11. The van der Waals surface area contributed by atoms with Crippen LogP contribution in [0.2, 0.25) is 0 Å². The van der Waals surface area contributed by atoms with Gasteiger partial charge in [0.25, 0.3) is 0 Å². The Labute approximate surface area is 146 Å². The number of carbonyl (C=O) groups is 1. The van der Waals surface area contributed by atoms with Crippen LogP contribution in [0.25, 0.3) is 0 Å². The van der Waals surface area contributed by atoms with Crippen LogP contribution in [0.15, 0.2) is 35.7 Å². The molecule has 1 saturated heterocycles. The number of ether oxygens (including phenoxy) is 1. The van der Waals surface area contributed by atoms with Crippen molar-refractivity contribution in [2.45, 2.75) is 25.8 Å². The summed E-state index contributed by atoms with van der Waals surface area (Å²) < 4.78 is 5.36. The van der Waals surface area contributed by atoms with Gasteiger partial charge in [0.15, 0.2) is 5.13 Å². The molecule has 1 aliphatic rings. The molecule has 0 aliphatic carbocycles. The summed E-state index contributed by atoms with van der Waals surface area (Å²) in [6.45, 7) is 6.27. The van der Waals surface area contributed by atoms with E-state index in [-0.39, 0.29) is 11.8 Å². The number of carbonyl (C=O) groups excluding carboxylic acids is 1. The van der Waals surface area contributed by atoms with Gasteiger partial charge in [-0.1, -0.05) is 37.3 Å². The van der Waals surface area contributed by atoms with Gasteiger partial charge in [0.05, 0.1) is 24.8 Å². The summed E-state index contributed by atoms with van der Waals surface area (Å²) in [5.74, 6) is -0.131. The number of nitrogens with one attached hydrogen (secondary N) is 1. The molecule has 1 unspecified atom stereocenters. The van der Waals surface area contributed by atoms with Crippen molar-refractivity contribution in [2.75, 3.05) is 31.6 Å². The molecular formula is C18H23N3O2S. The van der Waals surface area contributed by atoms with Crippen LogP contribution >= 0.6 is 11.3 Å². The largest absolute Gasteiger partial charge is 0.379 e. The molecule has 5 nitrogen and oxygen atoms in total. The molecule has 3 rings (SSSR count). The molecule has 1 aromatic carbocycles. The lowest BCUT2D eigenvalue weighted by Crippen LogP contribution is -2.35. The van der Waals surface area contributed by atoms with Crippen molar-refractivity contribution in [1.82, 2.24) is 9.88 Å². The Morgan fingerprint density at radius 1 is 1.33 bits per heavy atom. The monoisotopic (exact) mass is 345 g/mol. The number of rotatable bonds is 6. The van der Waals surface area contributed by atoms with Crippen LogP contribution < -0.4 is 5.32 Å². The first kappa shape index (κ1) is 17.1. The molecule has 1 amide bonds. The minimum Gasteiger partial charge on any atom is -0.379 e. The van der Waals surface area contributed by atoms with Crippen molar-refractivity contribution >= 4 is 22.4 Å². The molecule has 1 N–H and O–H groups in total. The van der Waals surface area contributed by atoms with Gasteiger partial charge >= 0.3 is 0 Å². The molecule has 0 radical (unpaired) electrons. The average Bonchev–Trinajstić information content (AvgIpc) is 3.04. The molecule has 24 heavy (non-hydrogen) atoms. The topological polar surface area (TPSA) is 54.5 Å². The van der Waals surface area contributed by atoms with Crippen LogP contribution in [0, 0.1) is 0 Å². The summed E-state index contributed by atoms with van der Waals surface area (Å²) in [6.07, 6.45) is 0.766. The number of thiazole rings is 1. The van der Waals surface area contributed by atoms with E-state index in [2.05, 4.69) is 15.2 Å². The highest BCUT2D eigenvalue weighted by atomic mass is 32.1. The van der Waals surface area contributed by atoms with E-state index in [1.54, 1.807) is 0 Å². The molecular weight excluding hydrogens is 322 g/mol. The number of hydrogen-bond acceptors (Lipinski definition) is 5. The Balaban J connectivity index is 1.60. The number of aromatic nitrogens is 1. The Bertz CT molecular complexity index is 653. The lowest BCUT2D eigenvalue weighted by Gasteiger charge is -2.25. The molecule has 128 valence electrons. The second kappa shape index (κ2) is 8.37. The maximum Gasteiger partial charge on any atom is 0.233 e. The Kier molecular flexibility index (Phi) is 5.96. The zero-order chi connectivity index (χ0) is 16.8. The molecule has 2 heterocycles. The van der Waals surface area contributed by atoms with Gasteiger partial charge in [-0.05, 0) is 12.0 Å². The first-order valence-corrected chi connectivity index (χ1v) is 9.24.